The van der Waals surface area contributed by atoms with Gasteiger partial charge in [-0.3, -0.25) is 9.69 Å². The number of aromatic nitrogens is 1. The molecule has 0 unspecified atom stereocenters. The summed E-state index contributed by atoms with van der Waals surface area (Å²) in [5, 5.41) is 1.49. The van der Waals surface area contributed by atoms with Crippen molar-refractivity contribution < 1.29 is 14.3 Å². The van der Waals surface area contributed by atoms with Gasteiger partial charge in [0.2, 0.25) is 11.8 Å². The lowest BCUT2D eigenvalue weighted by atomic mass is 10.1. The summed E-state index contributed by atoms with van der Waals surface area (Å²) in [5.74, 6) is 1.53. The van der Waals surface area contributed by atoms with Gasteiger partial charge in [0.1, 0.15) is 5.75 Å². The van der Waals surface area contributed by atoms with Gasteiger partial charge in [0, 0.05) is 51.3 Å². The Hall–Kier alpha value is -3.55. The second-order valence-electron chi connectivity index (χ2n) is 10.9. The molecule has 44 heavy (non-hydrogen) atoms. The van der Waals surface area contributed by atoms with Crippen molar-refractivity contribution in [2.75, 3.05) is 32.8 Å². The number of carbonyl (C=O) groups excluding carboxylic acids is 1. The zero-order valence-electron chi connectivity index (χ0n) is 24.7. The maximum atomic E-state index is 12.9. The first-order chi connectivity index (χ1) is 21.2. The molecule has 3 aromatic carbocycles. The first-order valence-corrected chi connectivity index (χ1v) is 15.6. The van der Waals surface area contributed by atoms with Crippen molar-refractivity contribution in [3.05, 3.63) is 122 Å². The Balaban J connectivity index is 1.10. The lowest BCUT2D eigenvalue weighted by Crippen LogP contribution is -2.47. The van der Waals surface area contributed by atoms with Crippen LogP contribution in [0.15, 0.2) is 79.0 Å². The molecule has 1 amide bonds. The third-order valence-corrected chi connectivity index (χ3v) is 8.46. The van der Waals surface area contributed by atoms with Crippen LogP contribution in [0, 0.1) is 13.8 Å². The molecule has 9 heteroatoms. The number of ether oxygens (including phenoxy) is 2. The van der Waals surface area contributed by atoms with Crippen LogP contribution in [-0.4, -0.2) is 53.5 Å². The number of hydrogen-bond acceptors (Lipinski definition) is 5. The van der Waals surface area contributed by atoms with Crippen LogP contribution < -0.4 is 9.47 Å². The Kier molecular flexibility index (Phi) is 10.8. The minimum atomic E-state index is -0.00226. The van der Waals surface area contributed by atoms with E-state index in [1.165, 1.54) is 11.1 Å². The summed E-state index contributed by atoms with van der Waals surface area (Å²) in [6.45, 7) is 8.48. The van der Waals surface area contributed by atoms with Gasteiger partial charge >= 0.3 is 0 Å². The van der Waals surface area contributed by atoms with Crippen molar-refractivity contribution in [1.29, 1.82) is 0 Å². The predicted molar refractivity (Wildman–Crippen MR) is 178 cm³/mol. The average molecular weight is 651 g/mol. The third-order valence-electron chi connectivity index (χ3n) is 7.44. The van der Waals surface area contributed by atoms with Crippen molar-refractivity contribution in [3.8, 4) is 17.4 Å². The lowest BCUT2D eigenvalue weighted by molar-refractivity contribution is -0.127. The van der Waals surface area contributed by atoms with Gasteiger partial charge in [0.15, 0.2) is 5.75 Å². The van der Waals surface area contributed by atoms with E-state index in [0.717, 1.165) is 36.3 Å². The number of hydrogen-bond donors (Lipinski definition) is 0. The van der Waals surface area contributed by atoms with Crippen LogP contribution in [0.1, 0.15) is 27.8 Å². The Morgan fingerprint density at radius 1 is 0.864 bits per heavy atom. The van der Waals surface area contributed by atoms with Gasteiger partial charge < -0.3 is 14.4 Å². The highest BCUT2D eigenvalue weighted by Gasteiger charge is 2.20. The molecule has 0 saturated carbocycles. The van der Waals surface area contributed by atoms with Gasteiger partial charge in [0.05, 0.1) is 27.9 Å². The molecule has 1 aliphatic heterocycles. The van der Waals surface area contributed by atoms with E-state index >= 15 is 0 Å². The molecule has 1 fully saturated rings. The zero-order chi connectivity index (χ0) is 31.1. The molecule has 4 aromatic rings. The van der Waals surface area contributed by atoms with Crippen molar-refractivity contribution in [2.45, 2.75) is 26.8 Å². The normalized spacial score (nSPS) is 13.8. The fourth-order valence-electron chi connectivity index (χ4n) is 4.93. The highest BCUT2D eigenvalue weighted by molar-refractivity contribution is 6.42. The van der Waals surface area contributed by atoms with Gasteiger partial charge in [-0.05, 0) is 72.5 Å². The largest absolute Gasteiger partial charge is 0.492 e. The van der Waals surface area contributed by atoms with Gasteiger partial charge in [-0.25, -0.2) is 4.98 Å². The van der Waals surface area contributed by atoms with E-state index in [2.05, 4.69) is 41.1 Å². The number of rotatable bonds is 10. The van der Waals surface area contributed by atoms with E-state index in [1.807, 2.05) is 30.0 Å². The molecule has 2 heterocycles. The molecule has 0 atom stereocenters. The smallest absolute Gasteiger partial charge is 0.246 e. The summed E-state index contributed by atoms with van der Waals surface area (Å²) in [7, 11) is 0. The van der Waals surface area contributed by atoms with E-state index in [1.54, 1.807) is 42.6 Å². The summed E-state index contributed by atoms with van der Waals surface area (Å²) < 4.78 is 11.8. The molecule has 0 spiro atoms. The lowest BCUT2D eigenvalue weighted by Gasteiger charge is -2.34. The van der Waals surface area contributed by atoms with Crippen LogP contribution >= 0.6 is 34.8 Å². The van der Waals surface area contributed by atoms with Crippen molar-refractivity contribution in [3.63, 3.8) is 0 Å². The van der Waals surface area contributed by atoms with E-state index in [9.17, 15) is 4.79 Å². The Morgan fingerprint density at radius 2 is 1.61 bits per heavy atom. The molecule has 0 radical (unpaired) electrons. The molecule has 0 bridgehead atoms. The van der Waals surface area contributed by atoms with Crippen molar-refractivity contribution in [1.82, 2.24) is 14.8 Å². The van der Waals surface area contributed by atoms with E-state index in [-0.39, 0.29) is 5.91 Å². The Morgan fingerprint density at radius 3 is 2.30 bits per heavy atom. The van der Waals surface area contributed by atoms with Crippen LogP contribution in [0.25, 0.3) is 6.08 Å². The summed E-state index contributed by atoms with van der Waals surface area (Å²) in [6.07, 6.45) is 5.70. The highest BCUT2D eigenvalue weighted by Crippen LogP contribution is 2.34. The predicted octanol–water partition coefficient (Wildman–Crippen LogP) is 8.43. The van der Waals surface area contributed by atoms with Crippen LogP contribution in [0.5, 0.6) is 17.4 Å². The van der Waals surface area contributed by atoms with Crippen LogP contribution in [0.3, 0.4) is 0 Å². The molecule has 6 nitrogen and oxygen atoms in total. The highest BCUT2D eigenvalue weighted by atomic mass is 35.5. The number of amides is 1. The maximum Gasteiger partial charge on any atom is 0.246 e. The van der Waals surface area contributed by atoms with Gasteiger partial charge in [-0.2, -0.15) is 0 Å². The number of piperazine rings is 1. The molecule has 5 rings (SSSR count). The summed E-state index contributed by atoms with van der Waals surface area (Å²) >= 11 is 18.6. The molecule has 228 valence electrons. The number of nitrogens with zero attached hydrogens (tertiary/aromatic N) is 3. The zero-order valence-corrected chi connectivity index (χ0v) is 27.0. The van der Waals surface area contributed by atoms with Crippen LogP contribution in [-0.2, 0) is 17.8 Å². The van der Waals surface area contributed by atoms with Gasteiger partial charge in [-0.1, -0.05) is 70.7 Å². The SMILES string of the molecule is Cc1ccc(CN2CCN(C(=O)C=Cc3cc(C)c(Oc4ccc(OCCc5ccc(Cl)c(Cl)c5)cn4)c(Cl)c3)CC2)cc1. The molecule has 1 aliphatic rings. The molecular weight excluding hydrogens is 617 g/mol. The summed E-state index contributed by atoms with van der Waals surface area (Å²) in [5.41, 5.74) is 5.25. The van der Waals surface area contributed by atoms with Gasteiger partial charge in [0.25, 0.3) is 0 Å². The topological polar surface area (TPSA) is 54.9 Å². The average Bonchev–Trinajstić information content (AvgIpc) is 3.02. The minimum Gasteiger partial charge on any atom is -0.492 e. The molecular formula is C35H34Cl3N3O3. The number of halogens is 3. The first kappa shape index (κ1) is 31.9. The number of carbonyl (C=O) groups is 1. The quantitative estimate of drug-likeness (QED) is 0.161. The van der Waals surface area contributed by atoms with Crippen molar-refractivity contribution in [2.24, 2.45) is 0 Å². The second-order valence-corrected chi connectivity index (χ2v) is 12.1. The van der Waals surface area contributed by atoms with Crippen LogP contribution in [0.2, 0.25) is 15.1 Å². The second kappa shape index (κ2) is 15.0. The van der Waals surface area contributed by atoms with E-state index in [0.29, 0.717) is 58.6 Å². The van der Waals surface area contributed by atoms with Gasteiger partial charge in [-0.15, -0.1) is 0 Å². The van der Waals surface area contributed by atoms with E-state index in [4.69, 9.17) is 44.3 Å². The Bertz CT molecular complexity index is 1590. The maximum absolute atomic E-state index is 12.9. The Labute approximate surface area is 273 Å². The molecule has 0 aliphatic carbocycles. The molecule has 1 aromatic heterocycles. The fraction of sp³-hybridized carbons (Fsp3) is 0.257. The minimum absolute atomic E-state index is 0.00226. The number of benzene rings is 3. The molecule has 1 saturated heterocycles. The fourth-order valence-corrected chi connectivity index (χ4v) is 5.57. The summed E-state index contributed by atoms with van der Waals surface area (Å²) in [6, 6.07) is 21.4. The monoisotopic (exact) mass is 649 g/mol. The summed E-state index contributed by atoms with van der Waals surface area (Å²) in [4.78, 5) is 21.5. The van der Waals surface area contributed by atoms with Crippen LogP contribution in [0.4, 0.5) is 0 Å². The third kappa shape index (κ3) is 8.76. The first-order valence-electron chi connectivity index (χ1n) is 14.5. The van der Waals surface area contributed by atoms with E-state index < -0.39 is 0 Å². The standard InChI is InChI=1S/C35H34Cl3N3O3/c1-24-3-5-27(6-4-24)23-40-14-16-41(17-15-40)34(42)12-8-28-19-25(2)35(32(38)21-28)44-33-11-9-29(22-39-33)43-18-13-26-7-10-30(36)31(37)20-26/h3-12,19-22H,13-18,23H2,1-2H3. The number of aryl methyl sites for hydroxylation is 2. The number of pyridine rings is 1. The van der Waals surface area contributed by atoms with Crippen molar-refractivity contribution >= 4 is 46.8 Å². The molecule has 0 N–H and O–H groups in total.